The van der Waals surface area contributed by atoms with Crippen LogP contribution in [0.25, 0.3) is 0 Å². The summed E-state index contributed by atoms with van der Waals surface area (Å²) in [5.41, 5.74) is 2.97. The summed E-state index contributed by atoms with van der Waals surface area (Å²) in [4.78, 5) is 17.3. The van der Waals surface area contributed by atoms with Crippen LogP contribution in [0.1, 0.15) is 20.9 Å². The molecule has 0 aliphatic carbocycles. The minimum atomic E-state index is -0.473. The summed E-state index contributed by atoms with van der Waals surface area (Å²) < 4.78 is 23.6. The van der Waals surface area contributed by atoms with Crippen molar-refractivity contribution in [1.82, 2.24) is 4.98 Å². The molecule has 0 amide bonds. The molecule has 0 radical (unpaired) electrons. The molecule has 0 unspecified atom stereocenters. The number of nitrogens with zero attached hydrogens (tertiary/aromatic N) is 1. The number of methoxy groups -OCH3 is 1. The molecule has 0 bridgehead atoms. The van der Waals surface area contributed by atoms with E-state index in [0.717, 1.165) is 16.6 Å². The number of hydrogen-bond donors (Lipinski definition) is 0. The van der Waals surface area contributed by atoms with Gasteiger partial charge in [-0.15, -0.1) is 11.3 Å². The summed E-state index contributed by atoms with van der Waals surface area (Å²) in [6.45, 7) is 2.26. The van der Waals surface area contributed by atoms with Crippen molar-refractivity contribution < 1.29 is 18.7 Å². The second kappa shape index (κ2) is 7.28. The van der Waals surface area contributed by atoms with Crippen molar-refractivity contribution in [3.63, 3.8) is 0 Å². The van der Waals surface area contributed by atoms with Crippen molar-refractivity contribution in [2.75, 3.05) is 20.3 Å². The normalized spacial score (nSPS) is 10.6. The number of thiazole rings is 1. The van der Waals surface area contributed by atoms with Crippen LogP contribution in [0.3, 0.4) is 0 Å². The van der Waals surface area contributed by atoms with Gasteiger partial charge in [0.1, 0.15) is 18.2 Å². The smallest absolute Gasteiger partial charge is 0.192 e. The highest BCUT2D eigenvalue weighted by Crippen LogP contribution is 2.20. The largest absolute Gasteiger partial charge is 0.496 e. The first kappa shape index (κ1) is 15.6. The minimum Gasteiger partial charge on any atom is -0.496 e. The van der Waals surface area contributed by atoms with E-state index < -0.39 is 5.82 Å². The van der Waals surface area contributed by atoms with E-state index in [-0.39, 0.29) is 18.0 Å². The Kier molecular flexibility index (Phi) is 5.41. The molecule has 1 heterocycles. The number of aromatic nitrogens is 1. The fraction of sp³-hybridized carbons (Fsp3) is 0.333. The average molecular weight is 309 g/mol. The first-order valence-corrected chi connectivity index (χ1v) is 7.33. The number of aryl methyl sites for hydroxylation is 1. The highest BCUT2D eigenvalue weighted by atomic mass is 32.1. The second-order valence-electron chi connectivity index (χ2n) is 4.43. The van der Waals surface area contributed by atoms with Gasteiger partial charge in [-0.2, -0.15) is 0 Å². The molecule has 2 rings (SSSR count). The Morgan fingerprint density at radius 1 is 1.43 bits per heavy atom. The zero-order chi connectivity index (χ0) is 15.2. The van der Waals surface area contributed by atoms with E-state index in [4.69, 9.17) is 9.47 Å². The van der Waals surface area contributed by atoms with E-state index >= 15 is 0 Å². The molecular formula is C15H16FNO3S. The van der Waals surface area contributed by atoms with Crippen LogP contribution in [0, 0.1) is 12.7 Å². The number of hydrogen-bond acceptors (Lipinski definition) is 5. The Labute approximate surface area is 126 Å². The fourth-order valence-electron chi connectivity index (χ4n) is 1.87. The molecule has 0 saturated carbocycles. The van der Waals surface area contributed by atoms with E-state index in [0.29, 0.717) is 18.8 Å². The van der Waals surface area contributed by atoms with Crippen LogP contribution in [0.5, 0.6) is 5.75 Å². The van der Waals surface area contributed by atoms with Crippen LogP contribution < -0.4 is 4.74 Å². The monoisotopic (exact) mass is 309 g/mol. The van der Waals surface area contributed by atoms with Crippen LogP contribution in [0.4, 0.5) is 4.39 Å². The molecule has 0 aliphatic heterocycles. The SMILES string of the molecule is COc1ccc(F)cc1C(=O)COCCc1scnc1C. The third kappa shape index (κ3) is 4.09. The molecule has 0 saturated heterocycles. The Hall–Kier alpha value is -1.79. The lowest BCUT2D eigenvalue weighted by atomic mass is 10.1. The number of Topliss-reactive ketones (excluding diaryl/α,β-unsaturated/α-hetero) is 1. The molecule has 0 spiro atoms. The molecule has 1 aromatic heterocycles. The summed E-state index contributed by atoms with van der Waals surface area (Å²) >= 11 is 1.57. The fourth-order valence-corrected chi connectivity index (χ4v) is 2.63. The van der Waals surface area contributed by atoms with Gasteiger partial charge in [0.05, 0.1) is 30.5 Å². The van der Waals surface area contributed by atoms with Gasteiger partial charge in [0, 0.05) is 11.3 Å². The van der Waals surface area contributed by atoms with Crippen molar-refractivity contribution in [2.24, 2.45) is 0 Å². The van der Waals surface area contributed by atoms with E-state index in [1.54, 1.807) is 16.8 Å². The lowest BCUT2D eigenvalue weighted by Crippen LogP contribution is -2.12. The molecule has 0 aliphatic rings. The quantitative estimate of drug-likeness (QED) is 0.582. The topological polar surface area (TPSA) is 48.4 Å². The predicted molar refractivity (Wildman–Crippen MR) is 78.7 cm³/mol. The first-order chi connectivity index (χ1) is 10.1. The van der Waals surface area contributed by atoms with Gasteiger partial charge in [-0.05, 0) is 25.1 Å². The van der Waals surface area contributed by atoms with Crippen LogP contribution >= 0.6 is 11.3 Å². The molecule has 2 aromatic rings. The van der Waals surface area contributed by atoms with Crippen LogP contribution in [-0.4, -0.2) is 31.1 Å². The van der Waals surface area contributed by atoms with Crippen molar-refractivity contribution >= 4 is 17.1 Å². The Morgan fingerprint density at radius 2 is 2.24 bits per heavy atom. The summed E-state index contributed by atoms with van der Waals surface area (Å²) in [7, 11) is 1.44. The van der Waals surface area contributed by atoms with Gasteiger partial charge < -0.3 is 9.47 Å². The van der Waals surface area contributed by atoms with E-state index in [2.05, 4.69) is 4.98 Å². The third-order valence-corrected chi connectivity index (χ3v) is 4.01. The lowest BCUT2D eigenvalue weighted by Gasteiger charge is -2.08. The number of halogens is 1. The summed E-state index contributed by atoms with van der Waals surface area (Å²) in [5.74, 6) is -0.421. The Balaban J connectivity index is 1.87. The summed E-state index contributed by atoms with van der Waals surface area (Å²) in [5, 5.41) is 0. The van der Waals surface area contributed by atoms with Crippen molar-refractivity contribution in [3.05, 3.63) is 45.7 Å². The molecule has 0 fully saturated rings. The maximum absolute atomic E-state index is 13.2. The van der Waals surface area contributed by atoms with E-state index in [9.17, 15) is 9.18 Å². The summed E-state index contributed by atoms with van der Waals surface area (Å²) in [6.07, 6.45) is 0.712. The lowest BCUT2D eigenvalue weighted by molar-refractivity contribution is 0.0763. The molecule has 0 atom stereocenters. The number of benzene rings is 1. The van der Waals surface area contributed by atoms with Crippen LogP contribution in [0.15, 0.2) is 23.7 Å². The summed E-state index contributed by atoms with van der Waals surface area (Å²) in [6, 6.07) is 3.85. The average Bonchev–Trinajstić information content (AvgIpc) is 2.88. The molecule has 4 nitrogen and oxygen atoms in total. The van der Waals surface area contributed by atoms with Gasteiger partial charge in [-0.1, -0.05) is 0 Å². The zero-order valence-electron chi connectivity index (χ0n) is 11.9. The van der Waals surface area contributed by atoms with Crippen LogP contribution in [-0.2, 0) is 11.2 Å². The Morgan fingerprint density at radius 3 is 2.90 bits per heavy atom. The molecule has 112 valence electrons. The number of ketones is 1. The van der Waals surface area contributed by atoms with Gasteiger partial charge in [-0.25, -0.2) is 9.37 Å². The standard InChI is InChI=1S/C15H16FNO3S/c1-10-15(21-9-17-10)5-6-20-8-13(18)12-7-11(16)3-4-14(12)19-2/h3-4,7,9H,5-6,8H2,1-2H3. The van der Waals surface area contributed by atoms with Crippen molar-refractivity contribution in [3.8, 4) is 5.75 Å². The van der Waals surface area contributed by atoms with E-state index in [1.165, 1.54) is 19.2 Å². The highest BCUT2D eigenvalue weighted by Gasteiger charge is 2.13. The predicted octanol–water partition coefficient (Wildman–Crippen LogP) is 3.04. The second-order valence-corrected chi connectivity index (χ2v) is 5.37. The van der Waals surface area contributed by atoms with Crippen LogP contribution in [0.2, 0.25) is 0 Å². The molecule has 21 heavy (non-hydrogen) atoms. The third-order valence-electron chi connectivity index (χ3n) is 3.01. The van der Waals surface area contributed by atoms with E-state index in [1.807, 2.05) is 6.92 Å². The number of rotatable bonds is 7. The molecule has 1 aromatic carbocycles. The van der Waals surface area contributed by atoms with Gasteiger partial charge >= 0.3 is 0 Å². The molecular weight excluding hydrogens is 293 g/mol. The zero-order valence-corrected chi connectivity index (χ0v) is 12.7. The van der Waals surface area contributed by atoms with Gasteiger partial charge in [0.15, 0.2) is 5.78 Å². The maximum Gasteiger partial charge on any atom is 0.192 e. The first-order valence-electron chi connectivity index (χ1n) is 6.45. The minimum absolute atomic E-state index is 0.0995. The number of carbonyl (C=O) groups excluding carboxylic acids is 1. The van der Waals surface area contributed by atoms with Gasteiger partial charge in [0.25, 0.3) is 0 Å². The van der Waals surface area contributed by atoms with Crippen molar-refractivity contribution in [2.45, 2.75) is 13.3 Å². The number of carbonyl (C=O) groups is 1. The van der Waals surface area contributed by atoms with Crippen molar-refractivity contribution in [1.29, 1.82) is 0 Å². The molecule has 0 N–H and O–H groups in total. The highest BCUT2D eigenvalue weighted by molar-refractivity contribution is 7.09. The van der Waals surface area contributed by atoms with Gasteiger partial charge in [0.2, 0.25) is 0 Å². The number of ether oxygens (including phenoxy) is 2. The molecule has 6 heteroatoms. The Bertz CT molecular complexity index is 627. The van der Waals surface area contributed by atoms with Gasteiger partial charge in [-0.3, -0.25) is 4.79 Å². The maximum atomic E-state index is 13.2.